The highest BCUT2D eigenvalue weighted by Gasteiger charge is 2.61. The first kappa shape index (κ1) is 23.3. The van der Waals surface area contributed by atoms with Gasteiger partial charge in [0.2, 0.25) is 0 Å². The third-order valence-corrected chi connectivity index (χ3v) is 7.83. The molecule has 1 heterocycles. The van der Waals surface area contributed by atoms with Crippen LogP contribution >= 0.6 is 0 Å². The molecular formula is C21H38O8. The zero-order chi connectivity index (χ0) is 21.7. The molecule has 0 aromatic heterocycles. The van der Waals surface area contributed by atoms with Crippen LogP contribution in [0.1, 0.15) is 53.4 Å². The zero-order valence-electron chi connectivity index (χ0n) is 17.8. The van der Waals surface area contributed by atoms with Crippen molar-refractivity contribution in [1.29, 1.82) is 0 Å². The normalized spacial score (nSPS) is 53.7. The van der Waals surface area contributed by atoms with Crippen LogP contribution in [0.2, 0.25) is 0 Å². The van der Waals surface area contributed by atoms with E-state index >= 15 is 0 Å². The molecule has 11 atom stereocenters. The van der Waals surface area contributed by atoms with E-state index in [1.807, 2.05) is 6.92 Å². The molecular weight excluding hydrogens is 380 g/mol. The van der Waals surface area contributed by atoms with Crippen molar-refractivity contribution in [3.8, 4) is 0 Å². The molecule has 1 aliphatic heterocycles. The molecule has 2 saturated carbocycles. The van der Waals surface area contributed by atoms with Crippen LogP contribution in [-0.4, -0.2) is 85.8 Å². The summed E-state index contributed by atoms with van der Waals surface area (Å²) in [6.07, 6.45) is -5.37. The lowest BCUT2D eigenvalue weighted by molar-refractivity contribution is -0.338. The number of hydrogen-bond donors (Lipinski definition) is 6. The van der Waals surface area contributed by atoms with Crippen molar-refractivity contribution in [1.82, 2.24) is 0 Å². The van der Waals surface area contributed by atoms with E-state index < -0.39 is 66.5 Å². The van der Waals surface area contributed by atoms with Crippen LogP contribution in [0.4, 0.5) is 0 Å². The van der Waals surface area contributed by atoms with Gasteiger partial charge < -0.3 is 40.1 Å². The number of rotatable bonds is 4. The van der Waals surface area contributed by atoms with Crippen LogP contribution in [0.25, 0.3) is 0 Å². The summed E-state index contributed by atoms with van der Waals surface area (Å²) in [6, 6.07) is 0. The summed E-state index contributed by atoms with van der Waals surface area (Å²) < 4.78 is 11.9. The van der Waals surface area contributed by atoms with Crippen molar-refractivity contribution in [2.75, 3.05) is 6.61 Å². The van der Waals surface area contributed by atoms with Crippen molar-refractivity contribution < 1.29 is 40.1 Å². The molecule has 0 spiro atoms. The smallest absolute Gasteiger partial charge is 0.186 e. The summed E-state index contributed by atoms with van der Waals surface area (Å²) in [5.74, 6) is -0.117. The fraction of sp³-hybridized carbons (Fsp3) is 1.00. The van der Waals surface area contributed by atoms with Gasteiger partial charge in [-0.25, -0.2) is 0 Å². The van der Waals surface area contributed by atoms with Crippen LogP contribution in [0.5, 0.6) is 0 Å². The first-order valence-electron chi connectivity index (χ1n) is 10.8. The third-order valence-electron chi connectivity index (χ3n) is 7.83. The minimum Gasteiger partial charge on any atom is -0.394 e. The molecule has 3 fully saturated rings. The predicted octanol–water partition coefficient (Wildman–Crippen LogP) is -0.234. The van der Waals surface area contributed by atoms with E-state index in [1.165, 1.54) is 0 Å². The number of ether oxygens (including phenoxy) is 2. The highest BCUT2D eigenvalue weighted by molar-refractivity contribution is 5.09. The minimum atomic E-state index is -1.52. The molecule has 3 rings (SSSR count). The molecule has 6 N–H and O–H groups in total. The zero-order valence-corrected chi connectivity index (χ0v) is 17.8. The van der Waals surface area contributed by atoms with E-state index in [0.29, 0.717) is 12.8 Å². The van der Waals surface area contributed by atoms with Gasteiger partial charge in [0.05, 0.1) is 24.4 Å². The Labute approximate surface area is 172 Å². The van der Waals surface area contributed by atoms with E-state index in [-0.39, 0.29) is 11.8 Å². The Hall–Kier alpha value is -0.320. The molecule has 0 radical (unpaired) electrons. The van der Waals surface area contributed by atoms with Crippen LogP contribution in [0, 0.1) is 23.2 Å². The Morgan fingerprint density at radius 2 is 1.66 bits per heavy atom. The van der Waals surface area contributed by atoms with Gasteiger partial charge in [0, 0.05) is 11.3 Å². The lowest BCUT2D eigenvalue weighted by atomic mass is 9.50. The Morgan fingerprint density at radius 1 is 1.00 bits per heavy atom. The van der Waals surface area contributed by atoms with Crippen molar-refractivity contribution >= 4 is 0 Å². The lowest BCUT2D eigenvalue weighted by Crippen LogP contribution is -2.66. The molecule has 1 saturated heterocycles. The van der Waals surface area contributed by atoms with Gasteiger partial charge >= 0.3 is 0 Å². The Balaban J connectivity index is 1.94. The van der Waals surface area contributed by atoms with Gasteiger partial charge in [-0.2, -0.15) is 0 Å². The first-order valence-corrected chi connectivity index (χ1v) is 10.8. The maximum Gasteiger partial charge on any atom is 0.186 e. The highest BCUT2D eigenvalue weighted by atomic mass is 16.7. The van der Waals surface area contributed by atoms with Crippen molar-refractivity contribution in [3.05, 3.63) is 0 Å². The SMILES string of the molecule is CC(C)[C@@H]1CC[C@@]2(C)[C@H](O)CC[C@](C)(O)[C@H]2[C@@H]1O[C@H]1O[C@@H](CO)[C@H](O)[C@@H](O)[C@@H]1O. The summed E-state index contributed by atoms with van der Waals surface area (Å²) in [7, 11) is 0. The van der Waals surface area contributed by atoms with Gasteiger partial charge in [0.15, 0.2) is 6.29 Å². The van der Waals surface area contributed by atoms with Gasteiger partial charge in [-0.15, -0.1) is 0 Å². The molecule has 3 aliphatic rings. The molecule has 170 valence electrons. The minimum absolute atomic E-state index is 0.0530. The average Bonchev–Trinajstić information content (AvgIpc) is 2.65. The monoisotopic (exact) mass is 418 g/mol. The van der Waals surface area contributed by atoms with E-state index in [1.54, 1.807) is 6.92 Å². The standard InChI is InChI=1S/C21H38O8/c1-10(2)11-5-7-20(3)13(23)6-8-21(4,27)18(20)17(11)29-19-16(26)15(25)14(24)12(9-22)28-19/h10-19,22-27H,5-9H2,1-4H3/t11-,12-,13+,14-,15+,16-,17+,18-,19+,20-,21-/m0/s1. The topological polar surface area (TPSA) is 140 Å². The number of fused-ring (bicyclic) bond motifs is 1. The molecule has 8 nitrogen and oxygen atoms in total. The molecule has 0 bridgehead atoms. The second-order valence-corrected chi connectivity index (χ2v) is 10.1. The van der Waals surface area contributed by atoms with Crippen molar-refractivity contribution in [2.45, 2.75) is 102 Å². The number of aliphatic hydroxyl groups excluding tert-OH is 5. The lowest BCUT2D eigenvalue weighted by Gasteiger charge is -2.60. The van der Waals surface area contributed by atoms with Gasteiger partial charge in [0.25, 0.3) is 0 Å². The summed E-state index contributed by atoms with van der Waals surface area (Å²) in [5.41, 5.74) is -1.62. The van der Waals surface area contributed by atoms with Crippen molar-refractivity contribution in [3.63, 3.8) is 0 Å². The number of aliphatic hydroxyl groups is 6. The highest BCUT2D eigenvalue weighted by Crippen LogP contribution is 2.57. The second-order valence-electron chi connectivity index (χ2n) is 10.1. The van der Waals surface area contributed by atoms with Gasteiger partial charge in [-0.05, 0) is 44.4 Å². The molecule has 8 heteroatoms. The van der Waals surface area contributed by atoms with Gasteiger partial charge in [-0.1, -0.05) is 20.8 Å². The Morgan fingerprint density at radius 3 is 2.24 bits per heavy atom. The van der Waals surface area contributed by atoms with Crippen LogP contribution < -0.4 is 0 Å². The quantitative estimate of drug-likeness (QED) is 0.368. The number of hydrogen-bond acceptors (Lipinski definition) is 8. The molecule has 0 aromatic rings. The summed E-state index contributed by atoms with van der Waals surface area (Å²) in [6.45, 7) is 7.38. The average molecular weight is 419 g/mol. The second kappa shape index (κ2) is 8.31. The third kappa shape index (κ3) is 3.99. The summed E-state index contributed by atoms with van der Waals surface area (Å²) in [4.78, 5) is 0. The first-order chi connectivity index (χ1) is 13.4. The predicted molar refractivity (Wildman–Crippen MR) is 104 cm³/mol. The maximum atomic E-state index is 11.3. The van der Waals surface area contributed by atoms with Crippen LogP contribution in [0.15, 0.2) is 0 Å². The fourth-order valence-electron chi connectivity index (χ4n) is 6.00. The molecule has 29 heavy (non-hydrogen) atoms. The van der Waals surface area contributed by atoms with Crippen LogP contribution in [-0.2, 0) is 9.47 Å². The molecule has 0 amide bonds. The summed E-state index contributed by atoms with van der Waals surface area (Å²) >= 11 is 0. The Kier molecular flexibility index (Phi) is 6.69. The van der Waals surface area contributed by atoms with Gasteiger partial charge in [0.1, 0.15) is 24.4 Å². The Bertz CT molecular complexity index is 567. The van der Waals surface area contributed by atoms with Crippen LogP contribution in [0.3, 0.4) is 0 Å². The largest absolute Gasteiger partial charge is 0.394 e. The maximum absolute atomic E-state index is 11.3. The fourth-order valence-corrected chi connectivity index (χ4v) is 6.00. The van der Waals surface area contributed by atoms with E-state index in [2.05, 4.69) is 13.8 Å². The van der Waals surface area contributed by atoms with E-state index in [9.17, 15) is 30.6 Å². The van der Waals surface area contributed by atoms with Crippen molar-refractivity contribution in [2.24, 2.45) is 23.2 Å². The molecule has 2 aliphatic carbocycles. The van der Waals surface area contributed by atoms with Gasteiger partial charge in [-0.3, -0.25) is 0 Å². The molecule has 0 aromatic carbocycles. The molecule has 0 unspecified atom stereocenters. The van der Waals surface area contributed by atoms with E-state index in [4.69, 9.17) is 9.47 Å². The van der Waals surface area contributed by atoms with E-state index in [0.717, 1.165) is 12.8 Å². The summed E-state index contributed by atoms with van der Waals surface area (Å²) in [5, 5.41) is 62.2.